The van der Waals surface area contributed by atoms with Crippen molar-refractivity contribution in [2.24, 2.45) is 0 Å². The van der Waals surface area contributed by atoms with Crippen molar-refractivity contribution in [2.45, 2.75) is 73.0 Å². The topological polar surface area (TPSA) is 56.7 Å². The molecule has 9 aromatic rings. The average Bonchev–Trinajstić information content (AvgIpc) is 3.80. The van der Waals surface area contributed by atoms with Crippen LogP contribution in [0.5, 0.6) is 0 Å². The molecule has 0 atom stereocenters. The van der Waals surface area contributed by atoms with Crippen molar-refractivity contribution in [3.8, 4) is 39.5 Å². The molecule has 0 amide bonds. The van der Waals surface area contributed by atoms with E-state index in [-0.39, 0.29) is 31.9 Å². The molecule has 0 fully saturated rings. The Balaban J connectivity index is 0.000000262. The zero-order chi connectivity index (χ0) is 40.7. The smallest absolute Gasteiger partial charge is 0.120 e. The Labute approximate surface area is 363 Å². The number of para-hydroxylation sites is 1. The largest absolute Gasteiger partial charge is 0.501 e. The Bertz CT molecular complexity index is 2860. The van der Waals surface area contributed by atoms with E-state index in [1.807, 2.05) is 55.6 Å². The molecule has 59 heavy (non-hydrogen) atoms. The molecule has 0 N–H and O–H groups in total. The van der Waals surface area contributed by atoms with Gasteiger partial charge in [-0.2, -0.15) is 0 Å². The van der Waals surface area contributed by atoms with Gasteiger partial charge >= 0.3 is 0 Å². The van der Waals surface area contributed by atoms with Crippen LogP contribution in [0.3, 0.4) is 0 Å². The normalized spacial score (nSPS) is 11.6. The Hall–Kier alpha value is -5.46. The van der Waals surface area contributed by atoms with E-state index >= 15 is 0 Å². The monoisotopic (exact) mass is 967 g/mol. The molecule has 0 aliphatic rings. The molecule has 1 radical (unpaired) electrons. The van der Waals surface area contributed by atoms with Crippen molar-refractivity contribution < 1.29 is 24.5 Å². The van der Waals surface area contributed by atoms with Gasteiger partial charge in [0.2, 0.25) is 0 Å². The summed E-state index contributed by atoms with van der Waals surface area (Å²) in [5.74, 6) is 1.37. The Morgan fingerprint density at radius 2 is 1.37 bits per heavy atom. The maximum atomic E-state index is 6.51. The molecule has 0 bridgehead atoms. The Morgan fingerprint density at radius 1 is 0.678 bits per heavy atom. The second kappa shape index (κ2) is 17.0. The summed E-state index contributed by atoms with van der Waals surface area (Å²) in [5, 5.41) is 3.56. The van der Waals surface area contributed by atoms with Gasteiger partial charge in [0.05, 0.1) is 36.2 Å². The fourth-order valence-electron chi connectivity index (χ4n) is 7.84. The van der Waals surface area contributed by atoms with Gasteiger partial charge in [-0.1, -0.05) is 119 Å². The van der Waals surface area contributed by atoms with Crippen LogP contribution in [0.25, 0.3) is 72.4 Å². The van der Waals surface area contributed by atoms with Gasteiger partial charge in [0.15, 0.2) is 0 Å². The summed E-state index contributed by atoms with van der Waals surface area (Å²) in [6.07, 6.45) is 2.02. The Morgan fingerprint density at radius 3 is 2.02 bits per heavy atom. The van der Waals surface area contributed by atoms with E-state index in [2.05, 4.69) is 155 Å². The molecular formula is C52H50IrN4OSi-2. The molecule has 0 aliphatic carbocycles. The number of hydrogen-bond acceptors (Lipinski definition) is 4. The maximum Gasteiger partial charge on any atom is 0.120 e. The van der Waals surface area contributed by atoms with Gasteiger partial charge in [-0.05, 0) is 83.1 Å². The molecule has 5 nitrogen and oxygen atoms in total. The minimum absolute atomic E-state index is 0. The molecule has 9 rings (SSSR count). The van der Waals surface area contributed by atoms with Crippen LogP contribution in [0, 0.1) is 26.0 Å². The van der Waals surface area contributed by atoms with E-state index in [4.69, 9.17) is 14.4 Å². The predicted octanol–water partition coefficient (Wildman–Crippen LogP) is 13.4. The van der Waals surface area contributed by atoms with Gasteiger partial charge in [-0.25, -0.2) is 0 Å². The van der Waals surface area contributed by atoms with Crippen LogP contribution in [0.1, 0.15) is 62.0 Å². The molecule has 0 aliphatic heterocycles. The molecule has 0 unspecified atom stereocenters. The number of aryl methyl sites for hydroxylation is 2. The molecule has 0 saturated heterocycles. The summed E-state index contributed by atoms with van der Waals surface area (Å²) in [4.78, 5) is 14.7. The first-order valence-corrected chi connectivity index (χ1v) is 23.7. The maximum absolute atomic E-state index is 6.51. The molecule has 0 saturated carbocycles. The van der Waals surface area contributed by atoms with Crippen molar-refractivity contribution in [3.63, 3.8) is 0 Å². The van der Waals surface area contributed by atoms with Crippen molar-refractivity contribution in [1.29, 1.82) is 0 Å². The van der Waals surface area contributed by atoms with Crippen LogP contribution in [0.4, 0.5) is 0 Å². The van der Waals surface area contributed by atoms with Crippen LogP contribution in [-0.2, 0) is 20.1 Å². The Kier molecular flexibility index (Phi) is 12.0. The fraction of sp³-hybridized carbons (Fsp3) is 0.212. The molecule has 4 aromatic heterocycles. The number of hydrogen-bond donors (Lipinski definition) is 0. The van der Waals surface area contributed by atoms with Crippen LogP contribution < -0.4 is 5.19 Å². The van der Waals surface area contributed by atoms with Gasteiger partial charge in [0.1, 0.15) is 5.58 Å². The van der Waals surface area contributed by atoms with Crippen LogP contribution in [0.15, 0.2) is 132 Å². The summed E-state index contributed by atoms with van der Waals surface area (Å²) in [7, 11) is -1.23. The number of fused-ring (bicyclic) bond motifs is 4. The van der Waals surface area contributed by atoms with E-state index in [0.717, 1.165) is 67.0 Å². The number of nitrogens with zero attached hydrogens (tertiary/aromatic N) is 4. The van der Waals surface area contributed by atoms with E-state index < -0.39 is 8.07 Å². The van der Waals surface area contributed by atoms with E-state index in [0.29, 0.717) is 0 Å². The predicted molar refractivity (Wildman–Crippen MR) is 245 cm³/mol. The fourth-order valence-corrected chi connectivity index (χ4v) is 8.88. The van der Waals surface area contributed by atoms with Gasteiger partial charge in [-0.15, -0.1) is 54.1 Å². The summed E-state index contributed by atoms with van der Waals surface area (Å²) in [5.41, 5.74) is 14.6. The van der Waals surface area contributed by atoms with Gasteiger partial charge in [-0.3, -0.25) is 9.97 Å². The van der Waals surface area contributed by atoms with Crippen molar-refractivity contribution >= 4 is 46.2 Å². The first-order chi connectivity index (χ1) is 27.9. The van der Waals surface area contributed by atoms with E-state index in [1.165, 1.54) is 33.1 Å². The zero-order valence-electron chi connectivity index (χ0n) is 35.3. The zero-order valence-corrected chi connectivity index (χ0v) is 38.7. The first-order valence-electron chi connectivity index (χ1n) is 20.2. The minimum Gasteiger partial charge on any atom is -0.501 e. The van der Waals surface area contributed by atoms with Crippen molar-refractivity contribution in [3.05, 3.63) is 162 Å². The molecule has 7 heteroatoms. The van der Waals surface area contributed by atoms with Crippen LogP contribution >= 0.6 is 0 Å². The standard InChI is InChI=1S/C38H34N3O.C14H16NSi.Ir/c1-22(2)31-20-27(26-13-8-7-9-14-26)21-32(23(3)4)36(31)41-35-25(6)39-24(5)19-33(35)40-38(41)30-17-12-16-29-28-15-10-11-18-34(28)42-37(29)30;1-16(2,3)13-9-10-14(15-11-13)12-7-5-4-6-8-12;/h7-16,18-23H,1-6H3;4-7,9-11H,1-3H3;/q2*-1;. The van der Waals surface area contributed by atoms with Gasteiger partial charge in [0, 0.05) is 43.1 Å². The summed E-state index contributed by atoms with van der Waals surface area (Å²) in [6.45, 7) is 20.2. The van der Waals surface area contributed by atoms with E-state index in [1.54, 1.807) is 0 Å². The number of aromatic nitrogens is 4. The third-order valence-electron chi connectivity index (χ3n) is 10.9. The number of benzene rings is 5. The number of rotatable bonds is 7. The third kappa shape index (κ3) is 8.25. The molecule has 4 heterocycles. The minimum atomic E-state index is -1.23. The summed E-state index contributed by atoms with van der Waals surface area (Å²) >= 11 is 0. The second-order valence-corrected chi connectivity index (χ2v) is 21.9. The number of imidazole rings is 1. The molecule has 0 spiro atoms. The van der Waals surface area contributed by atoms with Gasteiger partial charge in [0.25, 0.3) is 0 Å². The first kappa shape index (κ1) is 41.7. The van der Waals surface area contributed by atoms with E-state index in [9.17, 15) is 0 Å². The number of pyridine rings is 2. The quantitative estimate of drug-likeness (QED) is 0.118. The molecule has 5 aromatic carbocycles. The SMILES string of the molecule is C[Si](C)(C)c1ccc(-c2[c-]cccc2)nc1.Cc1cc2nc(-c3[c-]ccc4c3oc3ccccc34)n(-c3c(C(C)C)cc(-c4ccccc4)cc3C(C)C)c2c(C)n1.[Ir]. The molecular weight excluding hydrogens is 917 g/mol. The van der Waals surface area contributed by atoms with Crippen molar-refractivity contribution in [1.82, 2.24) is 19.5 Å². The second-order valence-electron chi connectivity index (χ2n) is 16.8. The summed E-state index contributed by atoms with van der Waals surface area (Å²) in [6, 6.07) is 48.7. The van der Waals surface area contributed by atoms with Gasteiger partial charge < -0.3 is 14.0 Å². The molecule has 299 valence electrons. The van der Waals surface area contributed by atoms with Crippen LogP contribution in [-0.4, -0.2) is 27.6 Å². The average molecular weight is 967 g/mol. The third-order valence-corrected chi connectivity index (χ3v) is 12.9. The summed E-state index contributed by atoms with van der Waals surface area (Å²) < 4.78 is 8.85. The number of furan rings is 1. The van der Waals surface area contributed by atoms with Crippen molar-refractivity contribution in [2.75, 3.05) is 0 Å². The van der Waals surface area contributed by atoms with Crippen LogP contribution in [0.2, 0.25) is 19.6 Å².